The van der Waals surface area contributed by atoms with Gasteiger partial charge in [0.05, 0.1) is 0 Å². The van der Waals surface area contributed by atoms with E-state index in [0.717, 1.165) is 12.1 Å². The van der Waals surface area contributed by atoms with Crippen LogP contribution in [0.25, 0.3) is 0 Å². The van der Waals surface area contributed by atoms with Crippen molar-refractivity contribution in [1.29, 1.82) is 0 Å². The standard InChI is InChI=1S/C12H32O3Si3/c1-9-10-16(4,5)15-17(6,7)11-12-18(8,13-2)14-3/h9-12H2,1-8H3. The molecule has 6 heteroatoms. The Bertz CT molecular complexity index is 241. The minimum atomic E-state index is -1.93. The molecule has 0 saturated heterocycles. The molecule has 3 nitrogen and oxygen atoms in total. The Morgan fingerprint density at radius 2 is 1.17 bits per heavy atom. The first-order chi connectivity index (χ1) is 8.10. The van der Waals surface area contributed by atoms with E-state index in [1.54, 1.807) is 14.2 Å². The molecular formula is C12H32O3Si3. The lowest BCUT2D eigenvalue weighted by Gasteiger charge is -2.35. The van der Waals surface area contributed by atoms with E-state index >= 15 is 0 Å². The van der Waals surface area contributed by atoms with Crippen molar-refractivity contribution in [3.05, 3.63) is 0 Å². The molecule has 0 aromatic rings. The van der Waals surface area contributed by atoms with E-state index < -0.39 is 25.2 Å². The molecule has 0 aromatic carbocycles. The van der Waals surface area contributed by atoms with Gasteiger partial charge < -0.3 is 13.0 Å². The lowest BCUT2D eigenvalue weighted by Crippen LogP contribution is -2.46. The van der Waals surface area contributed by atoms with E-state index in [2.05, 4.69) is 39.7 Å². The molecule has 0 rings (SSSR count). The van der Waals surface area contributed by atoms with Gasteiger partial charge >= 0.3 is 8.56 Å². The molecule has 0 atom stereocenters. The first-order valence-electron chi connectivity index (χ1n) is 6.90. The predicted molar refractivity (Wildman–Crippen MR) is 86.4 cm³/mol. The highest BCUT2D eigenvalue weighted by Crippen LogP contribution is 2.26. The van der Waals surface area contributed by atoms with Gasteiger partial charge in [0.25, 0.3) is 0 Å². The van der Waals surface area contributed by atoms with Crippen LogP contribution in [0.1, 0.15) is 13.3 Å². The zero-order valence-electron chi connectivity index (χ0n) is 13.6. The van der Waals surface area contributed by atoms with Crippen molar-refractivity contribution in [3.8, 4) is 0 Å². The molecule has 0 spiro atoms. The Morgan fingerprint density at radius 1 is 0.722 bits per heavy atom. The molecule has 18 heavy (non-hydrogen) atoms. The topological polar surface area (TPSA) is 27.7 Å². The van der Waals surface area contributed by atoms with Crippen molar-refractivity contribution in [1.82, 2.24) is 0 Å². The molecule has 0 aliphatic rings. The molecule has 0 radical (unpaired) electrons. The van der Waals surface area contributed by atoms with Gasteiger partial charge in [-0.1, -0.05) is 13.3 Å². The maximum absolute atomic E-state index is 6.54. The number of hydrogen-bond donors (Lipinski definition) is 0. The highest BCUT2D eigenvalue weighted by atomic mass is 28.4. The number of rotatable bonds is 9. The average Bonchev–Trinajstić information content (AvgIpc) is 2.24. The van der Waals surface area contributed by atoms with Gasteiger partial charge in [-0.05, 0) is 50.9 Å². The lowest BCUT2D eigenvalue weighted by atomic mass is 10.6. The molecule has 0 bridgehead atoms. The molecule has 110 valence electrons. The van der Waals surface area contributed by atoms with Gasteiger partial charge in [0.15, 0.2) is 16.6 Å². The van der Waals surface area contributed by atoms with Crippen molar-refractivity contribution < 1.29 is 13.0 Å². The van der Waals surface area contributed by atoms with Crippen molar-refractivity contribution >= 4 is 25.2 Å². The van der Waals surface area contributed by atoms with Crippen LogP contribution in [0.3, 0.4) is 0 Å². The second-order valence-electron chi connectivity index (χ2n) is 6.41. The minimum absolute atomic E-state index is 1.04. The average molecular weight is 309 g/mol. The van der Waals surface area contributed by atoms with Gasteiger partial charge in [-0.3, -0.25) is 0 Å². The summed E-state index contributed by atoms with van der Waals surface area (Å²) in [5, 5.41) is 0. The Balaban J connectivity index is 4.39. The van der Waals surface area contributed by atoms with Crippen molar-refractivity contribution in [2.24, 2.45) is 0 Å². The van der Waals surface area contributed by atoms with Crippen LogP contribution < -0.4 is 0 Å². The highest BCUT2D eigenvalue weighted by molar-refractivity contribution is 6.85. The second-order valence-corrected chi connectivity index (χ2v) is 18.9. The molecular weight excluding hydrogens is 276 g/mol. The van der Waals surface area contributed by atoms with Gasteiger partial charge in [-0.25, -0.2) is 0 Å². The van der Waals surface area contributed by atoms with E-state index in [1.807, 2.05) is 0 Å². The summed E-state index contributed by atoms with van der Waals surface area (Å²) in [4.78, 5) is 0. The fourth-order valence-electron chi connectivity index (χ4n) is 2.27. The summed E-state index contributed by atoms with van der Waals surface area (Å²) in [6, 6.07) is 3.43. The van der Waals surface area contributed by atoms with Gasteiger partial charge in [-0.2, -0.15) is 0 Å². The van der Waals surface area contributed by atoms with Crippen molar-refractivity contribution in [3.63, 3.8) is 0 Å². The molecule has 0 unspecified atom stereocenters. The zero-order valence-corrected chi connectivity index (χ0v) is 16.6. The summed E-state index contributed by atoms with van der Waals surface area (Å²) in [5.74, 6) is 0. The van der Waals surface area contributed by atoms with Crippen LogP contribution in [0, 0.1) is 0 Å². The fourth-order valence-corrected chi connectivity index (χ4v) is 15.1. The Morgan fingerprint density at radius 3 is 1.56 bits per heavy atom. The Hall–Kier alpha value is 0.531. The van der Waals surface area contributed by atoms with Crippen molar-refractivity contribution in [2.45, 2.75) is 64.2 Å². The van der Waals surface area contributed by atoms with Crippen LogP contribution in [-0.2, 0) is 13.0 Å². The third kappa shape index (κ3) is 7.20. The SMILES string of the molecule is CCC[Si](C)(C)O[Si](C)(C)CC[Si](C)(OC)OC. The van der Waals surface area contributed by atoms with Gasteiger partial charge in [0.2, 0.25) is 0 Å². The summed E-state index contributed by atoms with van der Waals surface area (Å²) in [7, 11) is -1.44. The second kappa shape index (κ2) is 7.35. The molecule has 0 N–H and O–H groups in total. The molecule has 0 heterocycles. The fraction of sp³-hybridized carbons (Fsp3) is 1.00. The normalized spacial score (nSPS) is 14.0. The Labute approximate surface area is 117 Å². The highest BCUT2D eigenvalue weighted by Gasteiger charge is 2.36. The first kappa shape index (κ1) is 18.5. The summed E-state index contributed by atoms with van der Waals surface area (Å²) < 4.78 is 17.6. The largest absolute Gasteiger partial charge is 0.456 e. The van der Waals surface area contributed by atoms with Gasteiger partial charge in [-0.15, -0.1) is 0 Å². The summed E-state index contributed by atoms with van der Waals surface area (Å²) in [6.45, 7) is 13.7. The summed E-state index contributed by atoms with van der Waals surface area (Å²) in [5.41, 5.74) is 0. The van der Waals surface area contributed by atoms with Crippen molar-refractivity contribution in [2.75, 3.05) is 14.2 Å². The molecule has 0 fully saturated rings. The van der Waals surface area contributed by atoms with E-state index in [1.165, 1.54) is 12.5 Å². The molecule has 0 aliphatic carbocycles. The summed E-state index contributed by atoms with van der Waals surface area (Å²) in [6.07, 6.45) is 1.23. The number of hydrogen-bond acceptors (Lipinski definition) is 3. The van der Waals surface area contributed by atoms with E-state index in [9.17, 15) is 0 Å². The third-order valence-corrected chi connectivity index (χ3v) is 14.4. The third-order valence-electron chi connectivity index (χ3n) is 3.45. The maximum Gasteiger partial charge on any atom is 0.334 e. The molecule has 0 amide bonds. The molecule has 0 saturated carbocycles. The maximum atomic E-state index is 6.54. The van der Waals surface area contributed by atoms with E-state index in [4.69, 9.17) is 13.0 Å². The molecule has 0 aliphatic heterocycles. The van der Waals surface area contributed by atoms with E-state index in [-0.39, 0.29) is 0 Å². The van der Waals surface area contributed by atoms with Crippen LogP contribution in [0.5, 0.6) is 0 Å². The van der Waals surface area contributed by atoms with Crippen LogP contribution in [0.4, 0.5) is 0 Å². The predicted octanol–water partition coefficient (Wildman–Crippen LogP) is 4.19. The van der Waals surface area contributed by atoms with Crippen LogP contribution >= 0.6 is 0 Å². The van der Waals surface area contributed by atoms with Crippen LogP contribution in [0.2, 0.25) is 50.9 Å². The van der Waals surface area contributed by atoms with Gasteiger partial charge in [0, 0.05) is 14.2 Å². The van der Waals surface area contributed by atoms with E-state index in [0.29, 0.717) is 0 Å². The minimum Gasteiger partial charge on any atom is -0.456 e. The summed E-state index contributed by atoms with van der Waals surface area (Å²) >= 11 is 0. The zero-order chi connectivity index (χ0) is 14.4. The first-order valence-corrected chi connectivity index (χ1v) is 15.7. The van der Waals surface area contributed by atoms with Crippen LogP contribution in [-0.4, -0.2) is 39.4 Å². The van der Waals surface area contributed by atoms with Crippen LogP contribution in [0.15, 0.2) is 0 Å². The quantitative estimate of drug-likeness (QED) is 0.598. The lowest BCUT2D eigenvalue weighted by molar-refractivity contribution is 0.250. The molecule has 0 aromatic heterocycles. The Kier molecular flexibility index (Phi) is 7.57. The smallest absolute Gasteiger partial charge is 0.334 e. The van der Waals surface area contributed by atoms with Gasteiger partial charge in [0.1, 0.15) is 0 Å². The monoisotopic (exact) mass is 308 g/mol.